The summed E-state index contributed by atoms with van der Waals surface area (Å²) >= 11 is 6.22. The monoisotopic (exact) mass is 380 g/mol. The molecular formula is C17H10ClFN8. The first kappa shape index (κ1) is 16.8. The summed E-state index contributed by atoms with van der Waals surface area (Å²) in [4.78, 5) is 8.10. The molecule has 132 valence electrons. The molecule has 0 saturated carbocycles. The van der Waals surface area contributed by atoms with Gasteiger partial charge in [0.2, 0.25) is 11.9 Å². The number of hydrogen-bond donors (Lipinski definition) is 2. The number of nitrogens with one attached hydrogen (secondary N) is 2. The summed E-state index contributed by atoms with van der Waals surface area (Å²) in [7, 11) is 0. The summed E-state index contributed by atoms with van der Waals surface area (Å²) < 4.78 is 13.1. The van der Waals surface area contributed by atoms with Gasteiger partial charge in [-0.05, 0) is 30.3 Å². The van der Waals surface area contributed by atoms with Crippen LogP contribution < -0.4 is 5.32 Å². The van der Waals surface area contributed by atoms with Crippen molar-refractivity contribution in [2.24, 2.45) is 0 Å². The molecule has 0 fully saturated rings. The summed E-state index contributed by atoms with van der Waals surface area (Å²) in [5.41, 5.74) is 2.62. The van der Waals surface area contributed by atoms with Crippen LogP contribution in [0.3, 0.4) is 0 Å². The summed E-state index contributed by atoms with van der Waals surface area (Å²) in [6.45, 7) is 0.316. The number of hydrogen-bond acceptors (Lipinski definition) is 7. The average molecular weight is 381 g/mol. The number of fused-ring (bicyclic) bond motifs is 1. The predicted octanol–water partition coefficient (Wildman–Crippen LogP) is 3.09. The van der Waals surface area contributed by atoms with Crippen LogP contribution in [0.25, 0.3) is 22.3 Å². The normalized spacial score (nSPS) is 10.7. The standard InChI is InChI=1S/C17H10ClFN8/c18-12-5-9(6-20)1-2-10(12)13-8-22-27-17(23-13)21-7-14-11-3-4-15(19)24-16(11)26-25-14/h1-5,8H,7H2,(H,21,23,27)(H,24,25,26). The molecule has 10 heteroatoms. The first-order valence-electron chi connectivity index (χ1n) is 7.77. The Morgan fingerprint density at radius 3 is 2.93 bits per heavy atom. The van der Waals surface area contributed by atoms with Crippen molar-refractivity contribution in [1.82, 2.24) is 30.4 Å². The molecule has 0 aliphatic heterocycles. The van der Waals surface area contributed by atoms with Gasteiger partial charge in [-0.3, -0.25) is 5.10 Å². The molecule has 0 unspecified atom stereocenters. The first-order valence-corrected chi connectivity index (χ1v) is 8.15. The maximum absolute atomic E-state index is 13.1. The maximum atomic E-state index is 13.1. The SMILES string of the molecule is N#Cc1ccc(-c2cnnc(NCc3[nH]nc4nc(F)ccc34)n2)c(Cl)c1. The molecule has 4 rings (SSSR count). The second-order valence-corrected chi connectivity index (χ2v) is 5.94. The van der Waals surface area contributed by atoms with Gasteiger partial charge in [0.05, 0.1) is 40.8 Å². The molecule has 2 N–H and O–H groups in total. The van der Waals surface area contributed by atoms with Crippen molar-refractivity contribution in [3.8, 4) is 17.3 Å². The Bertz CT molecular complexity index is 1180. The van der Waals surface area contributed by atoms with E-state index < -0.39 is 5.95 Å². The van der Waals surface area contributed by atoms with Crippen LogP contribution in [0.2, 0.25) is 5.02 Å². The van der Waals surface area contributed by atoms with Gasteiger partial charge in [0.25, 0.3) is 0 Å². The summed E-state index contributed by atoms with van der Waals surface area (Å²) in [5.74, 6) is -0.307. The number of rotatable bonds is 4. The molecule has 27 heavy (non-hydrogen) atoms. The molecule has 0 aliphatic carbocycles. The highest BCUT2D eigenvalue weighted by molar-refractivity contribution is 6.33. The first-order chi connectivity index (χ1) is 13.1. The molecule has 0 spiro atoms. The minimum atomic E-state index is -0.590. The van der Waals surface area contributed by atoms with Gasteiger partial charge in [-0.15, -0.1) is 5.10 Å². The Hall–Kier alpha value is -3.64. The Morgan fingerprint density at radius 2 is 2.11 bits per heavy atom. The van der Waals surface area contributed by atoms with Gasteiger partial charge in [-0.25, -0.2) is 4.98 Å². The molecule has 1 aromatic carbocycles. The fourth-order valence-electron chi connectivity index (χ4n) is 2.53. The second-order valence-electron chi connectivity index (χ2n) is 5.53. The van der Waals surface area contributed by atoms with E-state index >= 15 is 0 Å². The number of aromatic amines is 1. The van der Waals surface area contributed by atoms with Crippen LogP contribution in [-0.4, -0.2) is 30.4 Å². The minimum absolute atomic E-state index is 0.283. The fourth-order valence-corrected chi connectivity index (χ4v) is 2.81. The highest BCUT2D eigenvalue weighted by Gasteiger charge is 2.11. The van der Waals surface area contributed by atoms with E-state index in [4.69, 9.17) is 16.9 Å². The number of nitriles is 1. The quantitative estimate of drug-likeness (QED) is 0.522. The zero-order valence-electron chi connectivity index (χ0n) is 13.6. The van der Waals surface area contributed by atoms with Crippen LogP contribution in [0, 0.1) is 17.3 Å². The van der Waals surface area contributed by atoms with Crippen molar-refractivity contribution in [1.29, 1.82) is 5.26 Å². The number of anilines is 1. The van der Waals surface area contributed by atoms with Crippen molar-refractivity contribution in [3.05, 3.63) is 58.8 Å². The van der Waals surface area contributed by atoms with Gasteiger partial charge in [-0.2, -0.15) is 24.8 Å². The zero-order valence-corrected chi connectivity index (χ0v) is 14.4. The van der Waals surface area contributed by atoms with Crippen molar-refractivity contribution in [3.63, 3.8) is 0 Å². The Kier molecular flexibility index (Phi) is 4.32. The predicted molar refractivity (Wildman–Crippen MR) is 96.2 cm³/mol. The van der Waals surface area contributed by atoms with E-state index in [1.54, 1.807) is 24.3 Å². The van der Waals surface area contributed by atoms with Gasteiger partial charge in [0, 0.05) is 10.9 Å². The van der Waals surface area contributed by atoms with E-state index in [1.165, 1.54) is 12.3 Å². The fraction of sp³-hybridized carbons (Fsp3) is 0.0588. The van der Waals surface area contributed by atoms with Gasteiger partial charge in [0.15, 0.2) is 5.65 Å². The van der Waals surface area contributed by atoms with E-state index in [0.29, 0.717) is 45.1 Å². The summed E-state index contributed by atoms with van der Waals surface area (Å²) in [6.07, 6.45) is 1.48. The smallest absolute Gasteiger partial charge is 0.243 e. The van der Waals surface area contributed by atoms with E-state index in [0.717, 1.165) is 0 Å². The molecule has 3 heterocycles. The van der Waals surface area contributed by atoms with E-state index in [9.17, 15) is 4.39 Å². The van der Waals surface area contributed by atoms with Crippen molar-refractivity contribution >= 4 is 28.6 Å². The maximum Gasteiger partial charge on any atom is 0.243 e. The largest absolute Gasteiger partial charge is 0.347 e. The number of benzene rings is 1. The van der Waals surface area contributed by atoms with Crippen LogP contribution in [-0.2, 0) is 6.54 Å². The zero-order chi connectivity index (χ0) is 18.8. The van der Waals surface area contributed by atoms with E-state index in [-0.39, 0.29) is 5.95 Å². The lowest BCUT2D eigenvalue weighted by Crippen LogP contribution is -2.06. The summed E-state index contributed by atoms with van der Waals surface area (Å²) in [5, 5.41) is 27.7. The molecule has 0 aliphatic rings. The molecule has 0 atom stereocenters. The topological polar surface area (TPSA) is 116 Å². The molecule has 3 aromatic heterocycles. The van der Waals surface area contributed by atoms with Gasteiger partial charge in [0.1, 0.15) is 0 Å². The second kappa shape index (κ2) is 6.93. The Morgan fingerprint density at radius 1 is 1.22 bits per heavy atom. The molecule has 0 amide bonds. The van der Waals surface area contributed by atoms with Crippen LogP contribution in [0.15, 0.2) is 36.5 Å². The van der Waals surface area contributed by atoms with Gasteiger partial charge < -0.3 is 5.32 Å². The van der Waals surface area contributed by atoms with Gasteiger partial charge >= 0.3 is 0 Å². The molecule has 0 saturated heterocycles. The number of aromatic nitrogens is 6. The lowest BCUT2D eigenvalue weighted by molar-refractivity contribution is 0.588. The third-order valence-corrected chi connectivity index (χ3v) is 4.13. The molecule has 8 nitrogen and oxygen atoms in total. The number of nitrogens with zero attached hydrogens (tertiary/aromatic N) is 6. The molecule has 0 bridgehead atoms. The molecule has 0 radical (unpaired) electrons. The Labute approximate surface area is 157 Å². The third-order valence-electron chi connectivity index (χ3n) is 3.82. The molecular weight excluding hydrogens is 371 g/mol. The van der Waals surface area contributed by atoms with Crippen molar-refractivity contribution in [2.75, 3.05) is 5.32 Å². The van der Waals surface area contributed by atoms with Crippen molar-refractivity contribution in [2.45, 2.75) is 6.54 Å². The highest BCUT2D eigenvalue weighted by atomic mass is 35.5. The highest BCUT2D eigenvalue weighted by Crippen LogP contribution is 2.27. The van der Waals surface area contributed by atoms with Gasteiger partial charge in [-0.1, -0.05) is 11.6 Å². The third kappa shape index (κ3) is 3.38. The number of H-pyrrole nitrogens is 1. The number of pyridine rings is 1. The van der Waals surface area contributed by atoms with Crippen LogP contribution in [0.5, 0.6) is 0 Å². The molecule has 4 aromatic rings. The summed E-state index contributed by atoms with van der Waals surface area (Å²) in [6, 6.07) is 9.82. The van der Waals surface area contributed by atoms with E-state index in [1.807, 2.05) is 6.07 Å². The lowest BCUT2D eigenvalue weighted by Gasteiger charge is -2.06. The van der Waals surface area contributed by atoms with Crippen LogP contribution >= 0.6 is 11.6 Å². The van der Waals surface area contributed by atoms with Crippen molar-refractivity contribution < 1.29 is 4.39 Å². The van der Waals surface area contributed by atoms with Crippen LogP contribution in [0.4, 0.5) is 10.3 Å². The number of halogens is 2. The van der Waals surface area contributed by atoms with E-state index in [2.05, 4.69) is 35.7 Å². The average Bonchev–Trinajstić information content (AvgIpc) is 3.08. The Balaban J connectivity index is 1.57. The minimum Gasteiger partial charge on any atom is -0.347 e. The lowest BCUT2D eigenvalue weighted by atomic mass is 10.1. The van der Waals surface area contributed by atoms with Crippen LogP contribution in [0.1, 0.15) is 11.3 Å².